The second kappa shape index (κ2) is 9.32. The van der Waals surface area contributed by atoms with Crippen molar-refractivity contribution in [2.75, 3.05) is 39.9 Å². The Morgan fingerprint density at radius 3 is 2.59 bits per heavy atom. The molecule has 4 rings (SSSR count). The van der Waals surface area contributed by atoms with E-state index in [4.69, 9.17) is 9.73 Å². The average molecular weight is 394 g/mol. The van der Waals surface area contributed by atoms with Gasteiger partial charge in [0.15, 0.2) is 0 Å². The minimum absolute atomic E-state index is 0.116. The lowest BCUT2D eigenvalue weighted by Crippen LogP contribution is -2.47. The Bertz CT molecular complexity index is 805. The highest BCUT2D eigenvalue weighted by Crippen LogP contribution is 2.52. The summed E-state index contributed by atoms with van der Waals surface area (Å²) in [5, 5.41) is 3.55. The van der Waals surface area contributed by atoms with Crippen LogP contribution >= 0.6 is 0 Å². The Morgan fingerprint density at radius 1 is 1.14 bits per heavy atom. The molecular weight excluding hydrogens is 358 g/mol. The van der Waals surface area contributed by atoms with Crippen LogP contribution in [0.15, 0.2) is 17.1 Å². The zero-order valence-electron chi connectivity index (χ0n) is 18.1. The number of hydrogen-bond donors (Lipinski definition) is 1. The molecule has 1 saturated carbocycles. The molecule has 1 aromatic rings. The Kier molecular flexibility index (Phi) is 6.57. The van der Waals surface area contributed by atoms with E-state index in [2.05, 4.69) is 41.1 Å². The topological polar surface area (TPSA) is 36.9 Å². The molecule has 1 saturated heterocycles. The number of methoxy groups -OCH3 is 1. The molecule has 4 nitrogen and oxygen atoms in total. The van der Waals surface area contributed by atoms with Gasteiger partial charge < -0.3 is 10.1 Å². The fraction of sp³-hybridized carbons (Fsp3) is 0.640. The third kappa shape index (κ3) is 4.22. The predicted octanol–water partition coefficient (Wildman–Crippen LogP) is 4.18. The van der Waals surface area contributed by atoms with Crippen LogP contribution in [0.1, 0.15) is 68.6 Å². The van der Waals surface area contributed by atoms with Crippen molar-refractivity contribution in [1.29, 1.82) is 0 Å². The molecular formula is C25H35N3O. The normalized spacial score (nSPS) is 20.3. The number of nitrogens with one attached hydrogen (secondary N) is 1. The Hall–Kier alpha value is -1.83. The van der Waals surface area contributed by atoms with Crippen LogP contribution in [-0.2, 0) is 16.6 Å². The Balaban J connectivity index is 1.55. The van der Waals surface area contributed by atoms with Crippen LogP contribution in [0, 0.1) is 11.8 Å². The molecule has 0 bridgehead atoms. The SMILES string of the molecule is CCc1cc2c(cc1C#CCN1CCCCCC1)N=C(NCCOC)C21CCC1. The number of aryl methyl sites for hydroxylation is 1. The number of likely N-dealkylation sites (tertiary alicyclic amines) is 1. The van der Waals surface area contributed by atoms with Crippen molar-refractivity contribution < 1.29 is 4.74 Å². The highest BCUT2D eigenvalue weighted by atomic mass is 16.5. The fourth-order valence-electron chi connectivity index (χ4n) is 4.93. The zero-order valence-corrected chi connectivity index (χ0v) is 18.1. The second-order valence-electron chi connectivity index (χ2n) is 8.69. The minimum atomic E-state index is 0.116. The molecule has 0 atom stereocenters. The van der Waals surface area contributed by atoms with Gasteiger partial charge in [-0.25, -0.2) is 4.99 Å². The summed E-state index contributed by atoms with van der Waals surface area (Å²) in [6.07, 6.45) is 10.1. The molecule has 0 unspecified atom stereocenters. The number of benzene rings is 1. The van der Waals surface area contributed by atoms with Gasteiger partial charge in [-0.05, 0) is 62.4 Å². The van der Waals surface area contributed by atoms with E-state index in [1.54, 1.807) is 7.11 Å². The summed E-state index contributed by atoms with van der Waals surface area (Å²) >= 11 is 0. The van der Waals surface area contributed by atoms with Gasteiger partial charge in [0.25, 0.3) is 0 Å². The van der Waals surface area contributed by atoms with E-state index in [0.29, 0.717) is 6.61 Å². The van der Waals surface area contributed by atoms with Crippen LogP contribution in [-0.4, -0.2) is 50.6 Å². The minimum Gasteiger partial charge on any atom is -0.383 e. The molecule has 1 aromatic carbocycles. The van der Waals surface area contributed by atoms with Crippen LogP contribution in [0.3, 0.4) is 0 Å². The molecule has 156 valence electrons. The first-order valence-corrected chi connectivity index (χ1v) is 11.5. The van der Waals surface area contributed by atoms with Gasteiger partial charge in [-0.15, -0.1) is 0 Å². The standard InChI is InChI=1S/C25H35N3O/c1-3-20-18-22-23(27-24(26-13-17-29-2)25(22)11-9-12-25)19-21(20)10-8-16-28-14-6-4-5-7-15-28/h18-19H,3-7,9,11-17H2,1-2H3,(H,26,27). The molecule has 4 heteroatoms. The van der Waals surface area contributed by atoms with E-state index >= 15 is 0 Å². The zero-order chi connectivity index (χ0) is 20.1. The van der Waals surface area contributed by atoms with E-state index in [0.717, 1.165) is 36.6 Å². The smallest absolute Gasteiger partial charge is 0.113 e. The molecule has 0 aromatic heterocycles. The summed E-state index contributed by atoms with van der Waals surface area (Å²) in [6.45, 7) is 7.04. The predicted molar refractivity (Wildman–Crippen MR) is 120 cm³/mol. The fourth-order valence-corrected chi connectivity index (χ4v) is 4.93. The van der Waals surface area contributed by atoms with Crippen LogP contribution in [0.4, 0.5) is 5.69 Å². The number of nitrogens with zero attached hydrogens (tertiary/aromatic N) is 2. The molecule has 1 aliphatic carbocycles. The van der Waals surface area contributed by atoms with Crippen LogP contribution in [0.25, 0.3) is 0 Å². The summed E-state index contributed by atoms with van der Waals surface area (Å²) in [4.78, 5) is 7.53. The molecule has 2 heterocycles. The first-order valence-electron chi connectivity index (χ1n) is 11.5. The van der Waals surface area contributed by atoms with Gasteiger partial charge in [0.1, 0.15) is 5.84 Å². The summed E-state index contributed by atoms with van der Waals surface area (Å²) in [7, 11) is 1.75. The van der Waals surface area contributed by atoms with Gasteiger partial charge >= 0.3 is 0 Å². The quantitative estimate of drug-likeness (QED) is 0.602. The molecule has 0 amide bonds. The lowest BCUT2D eigenvalue weighted by molar-refractivity contribution is 0.202. The van der Waals surface area contributed by atoms with E-state index in [1.165, 1.54) is 69.2 Å². The van der Waals surface area contributed by atoms with Crippen LogP contribution in [0.5, 0.6) is 0 Å². The summed E-state index contributed by atoms with van der Waals surface area (Å²) in [6, 6.07) is 4.65. The Morgan fingerprint density at radius 2 is 1.93 bits per heavy atom. The maximum Gasteiger partial charge on any atom is 0.113 e. The first-order chi connectivity index (χ1) is 14.3. The summed E-state index contributed by atoms with van der Waals surface area (Å²) in [5.74, 6) is 8.10. The maximum absolute atomic E-state index is 5.22. The van der Waals surface area contributed by atoms with Crippen molar-refractivity contribution in [2.24, 2.45) is 4.99 Å². The van der Waals surface area contributed by atoms with Crippen molar-refractivity contribution in [3.05, 3.63) is 28.8 Å². The molecule has 1 spiro atoms. The van der Waals surface area contributed by atoms with E-state index < -0.39 is 0 Å². The van der Waals surface area contributed by atoms with Crippen molar-refractivity contribution in [3.8, 4) is 11.8 Å². The number of ether oxygens (including phenoxy) is 1. The molecule has 2 aliphatic heterocycles. The molecule has 3 aliphatic rings. The second-order valence-corrected chi connectivity index (χ2v) is 8.69. The van der Waals surface area contributed by atoms with Crippen molar-refractivity contribution in [3.63, 3.8) is 0 Å². The highest BCUT2D eigenvalue weighted by Gasteiger charge is 2.48. The molecule has 2 fully saturated rings. The number of hydrogen-bond acceptors (Lipinski definition) is 4. The van der Waals surface area contributed by atoms with E-state index in [-0.39, 0.29) is 5.41 Å². The monoisotopic (exact) mass is 393 g/mol. The largest absolute Gasteiger partial charge is 0.383 e. The van der Waals surface area contributed by atoms with Gasteiger partial charge in [-0.1, -0.05) is 44.1 Å². The number of rotatable bonds is 5. The van der Waals surface area contributed by atoms with Crippen LogP contribution in [0.2, 0.25) is 0 Å². The molecule has 0 radical (unpaired) electrons. The summed E-state index contributed by atoms with van der Waals surface area (Å²) in [5.41, 5.74) is 5.19. The number of aliphatic imine (C=N–C) groups is 1. The third-order valence-electron chi connectivity index (χ3n) is 6.83. The number of amidine groups is 1. The van der Waals surface area contributed by atoms with Gasteiger partial charge in [-0.3, -0.25) is 4.90 Å². The van der Waals surface area contributed by atoms with E-state index in [9.17, 15) is 0 Å². The maximum atomic E-state index is 5.22. The van der Waals surface area contributed by atoms with E-state index in [1.807, 2.05) is 0 Å². The third-order valence-corrected chi connectivity index (χ3v) is 6.83. The molecule has 29 heavy (non-hydrogen) atoms. The van der Waals surface area contributed by atoms with Gasteiger partial charge in [0.05, 0.1) is 24.3 Å². The lowest BCUT2D eigenvalue weighted by Gasteiger charge is -2.40. The van der Waals surface area contributed by atoms with Crippen molar-refractivity contribution in [1.82, 2.24) is 10.2 Å². The molecule has 1 N–H and O–H groups in total. The van der Waals surface area contributed by atoms with Gasteiger partial charge in [-0.2, -0.15) is 0 Å². The van der Waals surface area contributed by atoms with Gasteiger partial charge in [0, 0.05) is 19.2 Å². The lowest BCUT2D eigenvalue weighted by atomic mass is 9.64. The number of fused-ring (bicyclic) bond motifs is 2. The Labute approximate surface area is 176 Å². The van der Waals surface area contributed by atoms with Crippen molar-refractivity contribution in [2.45, 2.75) is 63.7 Å². The van der Waals surface area contributed by atoms with Gasteiger partial charge in [0.2, 0.25) is 0 Å². The first kappa shape index (κ1) is 20.4. The van der Waals surface area contributed by atoms with Crippen molar-refractivity contribution >= 4 is 11.5 Å². The summed E-state index contributed by atoms with van der Waals surface area (Å²) < 4.78 is 5.22. The highest BCUT2D eigenvalue weighted by molar-refractivity contribution is 6.01. The average Bonchev–Trinajstić information content (AvgIpc) is 2.83. The van der Waals surface area contributed by atoms with Crippen LogP contribution < -0.4 is 5.32 Å².